The number of amides is 1. The number of carbonyl (C=O) groups excluding carboxylic acids is 1. The van der Waals surface area contributed by atoms with Crippen molar-refractivity contribution in [3.05, 3.63) is 24.0 Å². The van der Waals surface area contributed by atoms with Gasteiger partial charge in [-0.25, -0.2) is 0 Å². The number of hydrogen-bond donors (Lipinski definition) is 2. The highest BCUT2D eigenvalue weighted by atomic mass is 35.5. The summed E-state index contributed by atoms with van der Waals surface area (Å²) in [6.45, 7) is 3.73. The third kappa shape index (κ3) is 3.98. The van der Waals surface area contributed by atoms with Gasteiger partial charge in [0.15, 0.2) is 0 Å². The van der Waals surface area contributed by atoms with Gasteiger partial charge in [-0.3, -0.25) is 9.78 Å². The molecule has 1 aromatic rings. The van der Waals surface area contributed by atoms with Gasteiger partial charge in [-0.15, -0.1) is 12.4 Å². The first kappa shape index (κ1) is 13.9. The normalized spacial score (nSPS) is 19.2. The Morgan fingerprint density at radius 1 is 1.53 bits per heavy atom. The van der Waals surface area contributed by atoms with Gasteiger partial charge < -0.3 is 10.6 Å². The first-order chi connectivity index (χ1) is 7.75. The maximum Gasteiger partial charge on any atom is 0.228 e. The molecule has 1 aliphatic rings. The van der Waals surface area contributed by atoms with Crippen LogP contribution < -0.4 is 10.6 Å². The zero-order valence-electron chi connectivity index (χ0n) is 9.90. The Kier molecular flexibility index (Phi) is 5.38. The number of carbonyl (C=O) groups is 1. The van der Waals surface area contributed by atoms with Crippen molar-refractivity contribution in [2.24, 2.45) is 5.92 Å². The van der Waals surface area contributed by atoms with Gasteiger partial charge in [-0.2, -0.15) is 0 Å². The molecule has 0 radical (unpaired) electrons. The predicted octanol–water partition coefficient (Wildman–Crippen LogP) is 1.75. The SMILES string of the molecule is Cc1ccc(NC(=O)C2CCCNC2)cn1.Cl. The van der Waals surface area contributed by atoms with E-state index in [9.17, 15) is 4.79 Å². The Morgan fingerprint density at radius 3 is 2.94 bits per heavy atom. The van der Waals surface area contributed by atoms with Gasteiger partial charge in [0, 0.05) is 12.2 Å². The van der Waals surface area contributed by atoms with Crippen molar-refractivity contribution in [2.45, 2.75) is 19.8 Å². The minimum Gasteiger partial charge on any atom is -0.324 e. The molecule has 1 saturated heterocycles. The summed E-state index contributed by atoms with van der Waals surface area (Å²) in [5.41, 5.74) is 1.73. The standard InChI is InChI=1S/C12H17N3O.ClH/c1-9-4-5-11(8-14-9)15-12(16)10-3-2-6-13-7-10;/h4-5,8,10,13H,2-3,6-7H2,1H3,(H,15,16);1H. The predicted molar refractivity (Wildman–Crippen MR) is 70.4 cm³/mol. The lowest BCUT2D eigenvalue weighted by Gasteiger charge is -2.21. The summed E-state index contributed by atoms with van der Waals surface area (Å²) in [6, 6.07) is 3.78. The second-order valence-electron chi connectivity index (χ2n) is 4.22. The molecule has 0 spiro atoms. The number of piperidine rings is 1. The molecule has 0 saturated carbocycles. The second-order valence-corrected chi connectivity index (χ2v) is 4.22. The van der Waals surface area contributed by atoms with Crippen LogP contribution in [0.25, 0.3) is 0 Å². The molecule has 2 N–H and O–H groups in total. The van der Waals surface area contributed by atoms with Gasteiger partial charge >= 0.3 is 0 Å². The van der Waals surface area contributed by atoms with E-state index >= 15 is 0 Å². The van der Waals surface area contributed by atoms with E-state index in [-0.39, 0.29) is 24.2 Å². The maximum atomic E-state index is 11.9. The fourth-order valence-electron chi connectivity index (χ4n) is 1.86. The fourth-order valence-corrected chi connectivity index (χ4v) is 1.86. The highest BCUT2D eigenvalue weighted by molar-refractivity contribution is 5.92. The van der Waals surface area contributed by atoms with Gasteiger partial charge in [0.2, 0.25) is 5.91 Å². The second kappa shape index (κ2) is 6.57. The van der Waals surface area contributed by atoms with Crippen LogP contribution >= 0.6 is 12.4 Å². The first-order valence-electron chi connectivity index (χ1n) is 5.70. The molecule has 1 atom stereocenters. The van der Waals surface area contributed by atoms with E-state index in [4.69, 9.17) is 0 Å². The highest BCUT2D eigenvalue weighted by Crippen LogP contribution is 2.13. The molecule has 1 amide bonds. The zero-order chi connectivity index (χ0) is 11.4. The van der Waals surface area contributed by atoms with E-state index in [0.29, 0.717) is 0 Å². The molecule has 0 aromatic carbocycles. The average Bonchev–Trinajstić information content (AvgIpc) is 2.33. The summed E-state index contributed by atoms with van der Waals surface area (Å²) in [7, 11) is 0. The summed E-state index contributed by atoms with van der Waals surface area (Å²) in [5.74, 6) is 0.188. The molecule has 0 aliphatic carbocycles. The van der Waals surface area contributed by atoms with Crippen LogP contribution in [0, 0.1) is 12.8 Å². The molecule has 1 aromatic heterocycles. The summed E-state index contributed by atoms with van der Waals surface area (Å²) < 4.78 is 0. The molecule has 1 aliphatic heterocycles. The van der Waals surface area contributed by atoms with E-state index in [1.165, 1.54) is 0 Å². The van der Waals surface area contributed by atoms with E-state index in [1.54, 1.807) is 6.20 Å². The van der Waals surface area contributed by atoms with E-state index in [0.717, 1.165) is 37.3 Å². The summed E-state index contributed by atoms with van der Waals surface area (Å²) in [4.78, 5) is 16.0. The number of nitrogens with one attached hydrogen (secondary N) is 2. The lowest BCUT2D eigenvalue weighted by atomic mass is 9.99. The smallest absolute Gasteiger partial charge is 0.228 e. The number of aryl methyl sites for hydroxylation is 1. The third-order valence-corrected chi connectivity index (χ3v) is 2.85. The van der Waals surface area contributed by atoms with E-state index < -0.39 is 0 Å². The fraction of sp³-hybridized carbons (Fsp3) is 0.500. The van der Waals surface area contributed by atoms with Gasteiger partial charge in [-0.05, 0) is 38.4 Å². The summed E-state index contributed by atoms with van der Waals surface area (Å²) in [6.07, 6.45) is 3.74. The number of aromatic nitrogens is 1. The van der Waals surface area contributed by atoms with Crippen LogP contribution in [0.3, 0.4) is 0 Å². The molecule has 1 fully saturated rings. The van der Waals surface area contributed by atoms with E-state index in [1.807, 2.05) is 19.1 Å². The lowest BCUT2D eigenvalue weighted by Crippen LogP contribution is -2.37. The number of rotatable bonds is 2. The van der Waals surface area contributed by atoms with Gasteiger partial charge in [0.05, 0.1) is 17.8 Å². The number of nitrogens with zero attached hydrogens (tertiary/aromatic N) is 1. The Bertz CT molecular complexity index is 361. The van der Waals surface area contributed by atoms with Crippen LogP contribution in [0.5, 0.6) is 0 Å². The van der Waals surface area contributed by atoms with Crippen molar-refractivity contribution in [3.63, 3.8) is 0 Å². The molecular formula is C12H18ClN3O. The van der Waals surface area contributed by atoms with Crippen LogP contribution in [0.4, 0.5) is 5.69 Å². The molecule has 0 bridgehead atoms. The molecular weight excluding hydrogens is 238 g/mol. The molecule has 17 heavy (non-hydrogen) atoms. The third-order valence-electron chi connectivity index (χ3n) is 2.85. The van der Waals surface area contributed by atoms with Crippen molar-refractivity contribution in [2.75, 3.05) is 18.4 Å². The van der Waals surface area contributed by atoms with Gasteiger partial charge in [-0.1, -0.05) is 0 Å². The van der Waals surface area contributed by atoms with Crippen molar-refractivity contribution in [1.29, 1.82) is 0 Å². The van der Waals surface area contributed by atoms with E-state index in [2.05, 4.69) is 15.6 Å². The minimum atomic E-state index is 0. The average molecular weight is 256 g/mol. The number of halogens is 1. The largest absolute Gasteiger partial charge is 0.324 e. The number of pyridine rings is 1. The van der Waals surface area contributed by atoms with Crippen molar-refractivity contribution in [1.82, 2.24) is 10.3 Å². The van der Waals surface area contributed by atoms with Gasteiger partial charge in [0.1, 0.15) is 0 Å². The molecule has 2 rings (SSSR count). The molecule has 5 heteroatoms. The summed E-state index contributed by atoms with van der Waals surface area (Å²) in [5, 5.41) is 6.13. The Morgan fingerprint density at radius 2 is 2.35 bits per heavy atom. The van der Waals surface area contributed by atoms with Crippen LogP contribution in [-0.2, 0) is 4.79 Å². The molecule has 4 nitrogen and oxygen atoms in total. The van der Waals surface area contributed by atoms with Crippen molar-refractivity contribution < 1.29 is 4.79 Å². The molecule has 1 unspecified atom stereocenters. The van der Waals surface area contributed by atoms with Crippen LogP contribution in [0.15, 0.2) is 18.3 Å². The topological polar surface area (TPSA) is 54.0 Å². The minimum absolute atomic E-state index is 0. The van der Waals surface area contributed by atoms with Crippen molar-refractivity contribution >= 4 is 24.0 Å². The van der Waals surface area contributed by atoms with Crippen LogP contribution in [-0.4, -0.2) is 24.0 Å². The summed E-state index contributed by atoms with van der Waals surface area (Å²) >= 11 is 0. The van der Waals surface area contributed by atoms with Crippen molar-refractivity contribution in [3.8, 4) is 0 Å². The Labute approximate surface area is 108 Å². The number of hydrogen-bond acceptors (Lipinski definition) is 3. The monoisotopic (exact) mass is 255 g/mol. The molecule has 94 valence electrons. The quantitative estimate of drug-likeness (QED) is 0.847. The van der Waals surface area contributed by atoms with Gasteiger partial charge in [0.25, 0.3) is 0 Å². The van der Waals surface area contributed by atoms with Crippen LogP contribution in [0.2, 0.25) is 0 Å². The molecule has 2 heterocycles. The number of anilines is 1. The maximum absolute atomic E-state index is 11.9. The zero-order valence-corrected chi connectivity index (χ0v) is 10.7. The Balaban J connectivity index is 0.00000144. The van der Waals surface area contributed by atoms with Crippen LogP contribution in [0.1, 0.15) is 18.5 Å². The first-order valence-corrected chi connectivity index (χ1v) is 5.70. The highest BCUT2D eigenvalue weighted by Gasteiger charge is 2.20. The Hall–Kier alpha value is -1.13. The lowest BCUT2D eigenvalue weighted by molar-refractivity contribution is -0.120.